The highest BCUT2D eigenvalue weighted by molar-refractivity contribution is 9.10. The van der Waals surface area contributed by atoms with Crippen molar-refractivity contribution in [2.24, 2.45) is 0 Å². The lowest BCUT2D eigenvalue weighted by Gasteiger charge is -2.10. The molecule has 0 aliphatic rings. The van der Waals surface area contributed by atoms with Gasteiger partial charge in [-0.2, -0.15) is 0 Å². The standard InChI is InChI=1S/C13H10BrCl2NO/c14-9-5-4-8(11(17)6-9)7-18-12-3-1-2-10(15)13(12)16/h1-6H,7,17H2. The molecule has 0 aliphatic carbocycles. The molecule has 0 unspecified atom stereocenters. The van der Waals surface area contributed by atoms with Crippen LogP contribution in [-0.2, 0) is 6.61 Å². The van der Waals surface area contributed by atoms with Crippen LogP contribution in [0, 0.1) is 0 Å². The van der Waals surface area contributed by atoms with Gasteiger partial charge in [0.2, 0.25) is 0 Å². The van der Waals surface area contributed by atoms with E-state index in [1.54, 1.807) is 18.2 Å². The number of hydrogen-bond acceptors (Lipinski definition) is 2. The van der Waals surface area contributed by atoms with Crippen molar-refractivity contribution in [2.45, 2.75) is 6.61 Å². The first-order chi connectivity index (χ1) is 8.58. The maximum Gasteiger partial charge on any atom is 0.139 e. The van der Waals surface area contributed by atoms with Crippen LogP contribution in [0.3, 0.4) is 0 Å². The highest BCUT2D eigenvalue weighted by atomic mass is 79.9. The van der Waals surface area contributed by atoms with Crippen molar-refractivity contribution in [3.63, 3.8) is 0 Å². The minimum atomic E-state index is 0.346. The molecule has 0 fully saturated rings. The molecule has 94 valence electrons. The Bertz CT molecular complexity index is 575. The Kier molecular flexibility index (Phi) is 4.38. The highest BCUT2D eigenvalue weighted by Gasteiger charge is 2.07. The fraction of sp³-hybridized carbons (Fsp3) is 0.0769. The van der Waals surface area contributed by atoms with Crippen LogP contribution in [0.15, 0.2) is 40.9 Å². The van der Waals surface area contributed by atoms with Gasteiger partial charge < -0.3 is 10.5 Å². The minimum Gasteiger partial charge on any atom is -0.487 e. The summed E-state index contributed by atoms with van der Waals surface area (Å²) in [4.78, 5) is 0. The van der Waals surface area contributed by atoms with Gasteiger partial charge in [-0.05, 0) is 24.3 Å². The van der Waals surface area contributed by atoms with Crippen molar-refractivity contribution in [3.05, 3.63) is 56.5 Å². The predicted molar refractivity (Wildman–Crippen MR) is 79.3 cm³/mol. The molecule has 0 amide bonds. The number of hydrogen-bond donors (Lipinski definition) is 1. The average molecular weight is 347 g/mol. The molecular formula is C13H10BrCl2NO. The monoisotopic (exact) mass is 345 g/mol. The van der Waals surface area contributed by atoms with E-state index in [1.807, 2.05) is 18.2 Å². The molecule has 0 bridgehead atoms. The van der Waals surface area contributed by atoms with E-state index in [9.17, 15) is 0 Å². The van der Waals surface area contributed by atoms with Crippen molar-refractivity contribution in [1.29, 1.82) is 0 Å². The topological polar surface area (TPSA) is 35.2 Å². The molecular weight excluding hydrogens is 337 g/mol. The van der Waals surface area contributed by atoms with Crippen LogP contribution in [0.25, 0.3) is 0 Å². The number of anilines is 1. The fourth-order valence-corrected chi connectivity index (χ4v) is 2.17. The molecule has 0 atom stereocenters. The molecule has 0 heterocycles. The molecule has 18 heavy (non-hydrogen) atoms. The van der Waals surface area contributed by atoms with Crippen LogP contribution in [-0.4, -0.2) is 0 Å². The van der Waals surface area contributed by atoms with Crippen molar-refractivity contribution >= 4 is 44.8 Å². The van der Waals surface area contributed by atoms with Crippen LogP contribution >= 0.6 is 39.1 Å². The first kappa shape index (κ1) is 13.5. The second-order valence-electron chi connectivity index (χ2n) is 3.68. The summed E-state index contributed by atoms with van der Waals surface area (Å²) in [5.41, 5.74) is 7.45. The first-order valence-corrected chi connectivity index (χ1v) is 6.73. The Hall–Kier alpha value is -0.900. The number of nitrogen functional groups attached to an aromatic ring is 1. The lowest BCUT2D eigenvalue weighted by Crippen LogP contribution is -2.00. The molecule has 2 nitrogen and oxygen atoms in total. The zero-order valence-corrected chi connectivity index (χ0v) is 12.4. The van der Waals surface area contributed by atoms with Gasteiger partial charge >= 0.3 is 0 Å². The predicted octanol–water partition coefficient (Wildman–Crippen LogP) is 4.92. The van der Waals surface area contributed by atoms with Gasteiger partial charge in [-0.1, -0.05) is 51.3 Å². The van der Waals surface area contributed by atoms with E-state index in [-0.39, 0.29) is 0 Å². The number of nitrogens with two attached hydrogens (primary N) is 1. The number of rotatable bonds is 3. The van der Waals surface area contributed by atoms with Crippen molar-refractivity contribution in [1.82, 2.24) is 0 Å². The molecule has 0 aliphatic heterocycles. The molecule has 2 rings (SSSR count). The van der Waals surface area contributed by atoms with E-state index in [4.69, 9.17) is 33.7 Å². The molecule has 0 aromatic heterocycles. The fourth-order valence-electron chi connectivity index (χ4n) is 1.45. The first-order valence-electron chi connectivity index (χ1n) is 5.18. The largest absolute Gasteiger partial charge is 0.487 e. The van der Waals surface area contributed by atoms with E-state index in [1.165, 1.54) is 0 Å². The van der Waals surface area contributed by atoms with Crippen molar-refractivity contribution < 1.29 is 4.74 Å². The quantitative estimate of drug-likeness (QED) is 0.801. The van der Waals surface area contributed by atoms with Crippen LogP contribution in [0.4, 0.5) is 5.69 Å². The average Bonchev–Trinajstić information content (AvgIpc) is 2.33. The molecule has 5 heteroatoms. The third-order valence-corrected chi connectivity index (χ3v) is 3.70. The normalized spacial score (nSPS) is 10.4. The third-order valence-electron chi connectivity index (χ3n) is 2.41. The second-order valence-corrected chi connectivity index (χ2v) is 5.38. The van der Waals surface area contributed by atoms with E-state index >= 15 is 0 Å². The summed E-state index contributed by atoms with van der Waals surface area (Å²) < 4.78 is 6.55. The zero-order chi connectivity index (χ0) is 13.1. The Morgan fingerprint density at radius 2 is 1.94 bits per heavy atom. The van der Waals surface area contributed by atoms with Crippen molar-refractivity contribution in [2.75, 3.05) is 5.73 Å². The molecule has 0 spiro atoms. The SMILES string of the molecule is Nc1cc(Br)ccc1COc1cccc(Cl)c1Cl. The van der Waals surface area contributed by atoms with E-state index in [0.717, 1.165) is 10.0 Å². The Morgan fingerprint density at radius 3 is 2.67 bits per heavy atom. The summed E-state index contributed by atoms with van der Waals surface area (Å²) >= 11 is 15.3. The zero-order valence-electron chi connectivity index (χ0n) is 9.29. The van der Waals surface area contributed by atoms with Gasteiger partial charge in [-0.25, -0.2) is 0 Å². The van der Waals surface area contributed by atoms with Crippen LogP contribution in [0.1, 0.15) is 5.56 Å². The van der Waals surface area contributed by atoms with Crippen LogP contribution in [0.5, 0.6) is 5.75 Å². The van der Waals surface area contributed by atoms with Gasteiger partial charge in [0.25, 0.3) is 0 Å². The maximum absolute atomic E-state index is 6.03. The molecule has 2 N–H and O–H groups in total. The second kappa shape index (κ2) is 5.83. The summed E-state index contributed by atoms with van der Waals surface area (Å²) in [5, 5.41) is 0.882. The summed E-state index contributed by atoms with van der Waals surface area (Å²) in [6.45, 7) is 0.346. The molecule has 0 saturated heterocycles. The highest BCUT2D eigenvalue weighted by Crippen LogP contribution is 2.32. The summed E-state index contributed by atoms with van der Waals surface area (Å²) in [5.74, 6) is 0.548. The van der Waals surface area contributed by atoms with Gasteiger partial charge in [0, 0.05) is 15.7 Å². The summed E-state index contributed by atoms with van der Waals surface area (Å²) in [6, 6.07) is 10.9. The number of halogens is 3. The van der Waals surface area contributed by atoms with Gasteiger partial charge in [-0.15, -0.1) is 0 Å². The third kappa shape index (κ3) is 3.10. The van der Waals surface area contributed by atoms with Crippen LogP contribution in [0.2, 0.25) is 10.0 Å². The minimum absolute atomic E-state index is 0.346. The van der Waals surface area contributed by atoms with Gasteiger partial charge in [0.15, 0.2) is 0 Å². The van der Waals surface area contributed by atoms with Crippen LogP contribution < -0.4 is 10.5 Å². The van der Waals surface area contributed by atoms with E-state index in [0.29, 0.717) is 28.1 Å². The molecule has 2 aromatic carbocycles. The number of ether oxygens (including phenoxy) is 1. The summed E-state index contributed by atoms with van der Waals surface area (Å²) in [6.07, 6.45) is 0. The molecule has 0 saturated carbocycles. The lowest BCUT2D eigenvalue weighted by molar-refractivity contribution is 0.307. The molecule has 0 radical (unpaired) electrons. The Balaban J connectivity index is 2.14. The van der Waals surface area contributed by atoms with Crippen molar-refractivity contribution in [3.8, 4) is 5.75 Å². The van der Waals surface area contributed by atoms with Gasteiger partial charge in [0.1, 0.15) is 17.4 Å². The Labute approximate surface area is 124 Å². The maximum atomic E-state index is 6.03. The smallest absolute Gasteiger partial charge is 0.139 e. The molecule has 2 aromatic rings. The van der Waals surface area contributed by atoms with E-state index < -0.39 is 0 Å². The van der Waals surface area contributed by atoms with E-state index in [2.05, 4.69) is 15.9 Å². The number of benzene rings is 2. The van der Waals surface area contributed by atoms with Gasteiger partial charge in [0.05, 0.1) is 5.02 Å². The Morgan fingerprint density at radius 1 is 1.17 bits per heavy atom. The summed E-state index contributed by atoms with van der Waals surface area (Å²) in [7, 11) is 0. The lowest BCUT2D eigenvalue weighted by atomic mass is 10.2. The van der Waals surface area contributed by atoms with Gasteiger partial charge in [-0.3, -0.25) is 0 Å².